The average Bonchev–Trinajstić information content (AvgIpc) is 2.56. The summed E-state index contributed by atoms with van der Waals surface area (Å²) in [7, 11) is 0. The first-order chi connectivity index (χ1) is 11.1. The Hall–Kier alpha value is -2.89. The molecule has 2 aromatic rings. The molecule has 1 heterocycles. The van der Waals surface area contributed by atoms with E-state index < -0.39 is 0 Å². The van der Waals surface area contributed by atoms with Gasteiger partial charge in [0.2, 0.25) is 17.7 Å². The van der Waals surface area contributed by atoms with Gasteiger partial charge in [-0.2, -0.15) is 0 Å². The maximum atomic E-state index is 11.7. The monoisotopic (exact) mass is 313 g/mol. The molecule has 0 saturated carbocycles. The van der Waals surface area contributed by atoms with Gasteiger partial charge < -0.3 is 15.4 Å². The van der Waals surface area contributed by atoms with Gasteiger partial charge in [0, 0.05) is 12.5 Å². The van der Waals surface area contributed by atoms with E-state index in [-0.39, 0.29) is 18.4 Å². The van der Waals surface area contributed by atoms with E-state index in [1.165, 1.54) is 6.20 Å². The Morgan fingerprint density at radius 1 is 1.09 bits per heavy atom. The van der Waals surface area contributed by atoms with Gasteiger partial charge in [0.25, 0.3) is 0 Å². The number of ether oxygens (including phenoxy) is 1. The number of aryl methyl sites for hydroxylation is 1. The molecule has 0 bridgehead atoms. The van der Waals surface area contributed by atoms with Crippen molar-refractivity contribution in [3.05, 3.63) is 48.2 Å². The molecule has 0 unspecified atom stereocenters. The molecule has 2 amide bonds. The summed E-state index contributed by atoms with van der Waals surface area (Å²) in [5, 5.41) is 5.15. The van der Waals surface area contributed by atoms with E-state index in [0.29, 0.717) is 23.7 Å². The molecule has 0 saturated heterocycles. The number of hydrogen-bond donors (Lipinski definition) is 2. The highest BCUT2D eigenvalue weighted by atomic mass is 16.5. The number of aromatic nitrogens is 1. The van der Waals surface area contributed by atoms with Crippen LogP contribution in [0.25, 0.3) is 0 Å². The van der Waals surface area contributed by atoms with E-state index >= 15 is 0 Å². The largest absolute Gasteiger partial charge is 0.439 e. The lowest BCUT2D eigenvalue weighted by molar-refractivity contribution is -0.123. The molecule has 23 heavy (non-hydrogen) atoms. The van der Waals surface area contributed by atoms with Gasteiger partial charge in [0.15, 0.2) is 0 Å². The van der Waals surface area contributed by atoms with Crippen molar-refractivity contribution in [3.63, 3.8) is 0 Å². The average molecular weight is 313 g/mol. The smallest absolute Gasteiger partial charge is 0.243 e. The summed E-state index contributed by atoms with van der Waals surface area (Å²) in [5.74, 6) is 0.661. The Bertz CT molecular complexity index is 666. The lowest BCUT2D eigenvalue weighted by Crippen LogP contribution is -2.32. The summed E-state index contributed by atoms with van der Waals surface area (Å²) in [4.78, 5) is 26.9. The maximum Gasteiger partial charge on any atom is 0.243 e. The Labute approximate surface area is 134 Å². The van der Waals surface area contributed by atoms with Gasteiger partial charge in [0.1, 0.15) is 5.75 Å². The van der Waals surface area contributed by atoms with Crippen LogP contribution in [0.2, 0.25) is 0 Å². The van der Waals surface area contributed by atoms with Crippen molar-refractivity contribution in [3.8, 4) is 11.6 Å². The lowest BCUT2D eigenvalue weighted by atomic mass is 10.2. The summed E-state index contributed by atoms with van der Waals surface area (Å²) in [6.07, 6.45) is 1.85. The Morgan fingerprint density at radius 2 is 1.83 bits per heavy atom. The highest BCUT2D eigenvalue weighted by Crippen LogP contribution is 2.20. The van der Waals surface area contributed by atoms with E-state index in [1.807, 2.05) is 31.2 Å². The first-order valence-corrected chi connectivity index (χ1v) is 7.34. The Balaban J connectivity index is 1.87. The minimum absolute atomic E-state index is 0.0612. The second kappa shape index (κ2) is 7.93. The number of benzene rings is 1. The quantitative estimate of drug-likeness (QED) is 0.859. The molecule has 0 aliphatic rings. The van der Waals surface area contributed by atoms with Gasteiger partial charge in [-0.05, 0) is 25.1 Å². The van der Waals surface area contributed by atoms with Crippen LogP contribution in [0.15, 0.2) is 42.6 Å². The van der Waals surface area contributed by atoms with Crippen LogP contribution in [0.3, 0.4) is 0 Å². The molecule has 0 radical (unpaired) electrons. The van der Waals surface area contributed by atoms with E-state index in [2.05, 4.69) is 15.6 Å². The second-order valence-electron chi connectivity index (χ2n) is 4.98. The summed E-state index contributed by atoms with van der Waals surface area (Å²) < 4.78 is 5.61. The molecule has 1 aromatic carbocycles. The van der Waals surface area contributed by atoms with Crippen molar-refractivity contribution in [1.82, 2.24) is 10.3 Å². The minimum Gasteiger partial charge on any atom is -0.439 e. The number of hydrogen-bond acceptors (Lipinski definition) is 4. The zero-order valence-corrected chi connectivity index (χ0v) is 13.1. The number of carbonyl (C=O) groups is 2. The molecule has 2 rings (SSSR count). The fourth-order valence-corrected chi connectivity index (χ4v) is 1.75. The predicted molar refractivity (Wildman–Crippen MR) is 87.4 cm³/mol. The number of carbonyl (C=O) groups excluding carboxylic acids is 2. The first kappa shape index (κ1) is 16.5. The van der Waals surface area contributed by atoms with Gasteiger partial charge in [-0.15, -0.1) is 0 Å². The number of anilines is 1. The molecule has 6 nitrogen and oxygen atoms in total. The standard InChI is InChI=1S/C17H19N3O3/c1-3-15(21)18-11-16(22)20-13-6-9-17(19-10-13)23-14-7-4-12(2)5-8-14/h4-10H,3,11H2,1-2H3,(H,18,21)(H,20,22). The molecule has 1 aromatic heterocycles. The number of pyridine rings is 1. The first-order valence-electron chi connectivity index (χ1n) is 7.34. The summed E-state index contributed by atoms with van der Waals surface area (Å²) in [5.41, 5.74) is 1.69. The summed E-state index contributed by atoms with van der Waals surface area (Å²) in [6.45, 7) is 3.67. The third-order valence-electron chi connectivity index (χ3n) is 3.03. The fraction of sp³-hybridized carbons (Fsp3) is 0.235. The van der Waals surface area contributed by atoms with Crippen LogP contribution in [0, 0.1) is 6.92 Å². The van der Waals surface area contributed by atoms with Crippen LogP contribution in [-0.4, -0.2) is 23.3 Å². The minimum atomic E-state index is -0.305. The Morgan fingerprint density at radius 3 is 2.43 bits per heavy atom. The van der Waals surface area contributed by atoms with Crippen LogP contribution in [-0.2, 0) is 9.59 Å². The number of nitrogens with zero attached hydrogens (tertiary/aromatic N) is 1. The van der Waals surface area contributed by atoms with Crippen molar-refractivity contribution in [2.45, 2.75) is 20.3 Å². The van der Waals surface area contributed by atoms with E-state index in [0.717, 1.165) is 5.56 Å². The van der Waals surface area contributed by atoms with Crippen molar-refractivity contribution < 1.29 is 14.3 Å². The molecule has 0 fully saturated rings. The molecular weight excluding hydrogens is 294 g/mol. The maximum absolute atomic E-state index is 11.7. The third kappa shape index (κ3) is 5.43. The van der Waals surface area contributed by atoms with E-state index in [1.54, 1.807) is 19.1 Å². The van der Waals surface area contributed by atoms with Crippen molar-refractivity contribution in [1.29, 1.82) is 0 Å². The van der Waals surface area contributed by atoms with E-state index in [4.69, 9.17) is 4.74 Å². The molecule has 0 spiro atoms. The van der Waals surface area contributed by atoms with Crippen molar-refractivity contribution in [2.75, 3.05) is 11.9 Å². The number of nitrogens with one attached hydrogen (secondary N) is 2. The fourth-order valence-electron chi connectivity index (χ4n) is 1.75. The zero-order valence-electron chi connectivity index (χ0n) is 13.1. The number of rotatable bonds is 6. The van der Waals surface area contributed by atoms with Gasteiger partial charge in [0.05, 0.1) is 18.4 Å². The molecular formula is C17H19N3O3. The Kier molecular flexibility index (Phi) is 5.68. The van der Waals surface area contributed by atoms with Crippen LogP contribution >= 0.6 is 0 Å². The second-order valence-corrected chi connectivity index (χ2v) is 4.98. The van der Waals surface area contributed by atoms with Gasteiger partial charge in [-0.1, -0.05) is 24.6 Å². The highest BCUT2D eigenvalue weighted by molar-refractivity contribution is 5.94. The zero-order chi connectivity index (χ0) is 16.7. The normalized spacial score (nSPS) is 10.0. The molecule has 6 heteroatoms. The molecule has 0 aliphatic carbocycles. The summed E-state index contributed by atoms with van der Waals surface area (Å²) in [6, 6.07) is 11.0. The topological polar surface area (TPSA) is 80.3 Å². The highest BCUT2D eigenvalue weighted by Gasteiger charge is 2.05. The number of amides is 2. The van der Waals surface area contributed by atoms with Crippen LogP contribution in [0.4, 0.5) is 5.69 Å². The van der Waals surface area contributed by atoms with E-state index in [9.17, 15) is 9.59 Å². The molecule has 120 valence electrons. The van der Waals surface area contributed by atoms with Crippen molar-refractivity contribution in [2.24, 2.45) is 0 Å². The molecule has 0 aliphatic heterocycles. The SMILES string of the molecule is CCC(=O)NCC(=O)Nc1ccc(Oc2ccc(C)cc2)nc1. The van der Waals surface area contributed by atoms with Gasteiger partial charge in [-0.25, -0.2) is 4.98 Å². The molecule has 2 N–H and O–H groups in total. The molecule has 0 atom stereocenters. The lowest BCUT2D eigenvalue weighted by Gasteiger charge is -2.08. The summed E-state index contributed by atoms with van der Waals surface area (Å²) >= 11 is 0. The van der Waals surface area contributed by atoms with Gasteiger partial charge in [-0.3, -0.25) is 9.59 Å². The third-order valence-corrected chi connectivity index (χ3v) is 3.03. The van der Waals surface area contributed by atoms with Gasteiger partial charge >= 0.3 is 0 Å². The van der Waals surface area contributed by atoms with Crippen LogP contribution < -0.4 is 15.4 Å². The van der Waals surface area contributed by atoms with Crippen molar-refractivity contribution >= 4 is 17.5 Å². The van der Waals surface area contributed by atoms with Crippen LogP contribution in [0.5, 0.6) is 11.6 Å². The predicted octanol–water partition coefficient (Wildman–Crippen LogP) is 2.65. The van der Waals surface area contributed by atoms with Crippen LogP contribution in [0.1, 0.15) is 18.9 Å².